The molecule has 0 atom stereocenters. The minimum atomic E-state index is -0.0128. The van der Waals surface area contributed by atoms with Crippen LogP contribution in [-0.4, -0.2) is 47.3 Å². The molecule has 2 aromatic carbocycles. The SMILES string of the molecule is CC(=O)NCc1ccc(N2CCN(c3nnc(Cc4ccncc4)c4ccccc34)CC2)cc1. The van der Waals surface area contributed by atoms with E-state index >= 15 is 0 Å². The lowest BCUT2D eigenvalue weighted by Crippen LogP contribution is -2.47. The van der Waals surface area contributed by atoms with Gasteiger partial charge in [-0.3, -0.25) is 9.78 Å². The van der Waals surface area contributed by atoms with Gasteiger partial charge in [0.1, 0.15) is 0 Å². The predicted octanol–water partition coefficient (Wildman–Crippen LogP) is 3.58. The molecule has 0 radical (unpaired) electrons. The third kappa shape index (κ3) is 4.83. The van der Waals surface area contributed by atoms with Gasteiger partial charge in [0, 0.05) is 74.9 Å². The van der Waals surface area contributed by atoms with Crippen LogP contribution in [0.25, 0.3) is 10.8 Å². The highest BCUT2D eigenvalue weighted by atomic mass is 16.1. The first-order valence-corrected chi connectivity index (χ1v) is 11.6. The molecule has 5 rings (SSSR count). The number of nitrogens with one attached hydrogen (secondary N) is 1. The van der Waals surface area contributed by atoms with Gasteiger partial charge >= 0.3 is 0 Å². The number of carbonyl (C=O) groups excluding carboxylic acids is 1. The molecule has 0 unspecified atom stereocenters. The largest absolute Gasteiger partial charge is 0.368 e. The second-order valence-corrected chi connectivity index (χ2v) is 8.60. The number of anilines is 2. The van der Waals surface area contributed by atoms with E-state index in [1.807, 2.05) is 24.5 Å². The van der Waals surface area contributed by atoms with E-state index in [1.54, 1.807) is 0 Å². The summed E-state index contributed by atoms with van der Waals surface area (Å²) in [4.78, 5) is 20.0. The highest BCUT2D eigenvalue weighted by Gasteiger charge is 2.21. The molecule has 0 bridgehead atoms. The van der Waals surface area contributed by atoms with Crippen LogP contribution in [0.15, 0.2) is 73.1 Å². The lowest BCUT2D eigenvalue weighted by atomic mass is 10.0. The van der Waals surface area contributed by atoms with Crippen molar-refractivity contribution in [3.05, 3.63) is 89.9 Å². The van der Waals surface area contributed by atoms with Gasteiger partial charge in [-0.05, 0) is 35.4 Å². The topological polar surface area (TPSA) is 74.2 Å². The minimum absolute atomic E-state index is 0.0128. The van der Waals surface area contributed by atoms with Crippen molar-refractivity contribution in [2.45, 2.75) is 19.9 Å². The number of fused-ring (bicyclic) bond motifs is 1. The molecule has 172 valence electrons. The molecule has 7 nitrogen and oxygen atoms in total. The molecule has 1 saturated heterocycles. The number of piperazine rings is 1. The molecular formula is C27H28N6O. The summed E-state index contributed by atoms with van der Waals surface area (Å²) < 4.78 is 0. The molecular weight excluding hydrogens is 424 g/mol. The standard InChI is InChI=1S/C27H28N6O/c1-20(34)29-19-22-6-8-23(9-7-22)32-14-16-33(17-15-32)27-25-5-3-2-4-24(25)26(30-31-27)18-21-10-12-28-13-11-21/h2-13H,14-19H2,1H3,(H,29,34). The van der Waals surface area contributed by atoms with Gasteiger partial charge in [0.2, 0.25) is 5.91 Å². The monoisotopic (exact) mass is 452 g/mol. The highest BCUT2D eigenvalue weighted by molar-refractivity contribution is 5.93. The van der Waals surface area contributed by atoms with Crippen LogP contribution in [0.1, 0.15) is 23.7 Å². The first-order valence-electron chi connectivity index (χ1n) is 11.6. The maximum absolute atomic E-state index is 11.1. The van der Waals surface area contributed by atoms with Gasteiger partial charge in [-0.15, -0.1) is 5.10 Å². The molecule has 2 aromatic heterocycles. The van der Waals surface area contributed by atoms with Crippen molar-refractivity contribution in [2.24, 2.45) is 0 Å². The Morgan fingerprint density at radius 1 is 0.824 bits per heavy atom. The quantitative estimate of drug-likeness (QED) is 0.482. The van der Waals surface area contributed by atoms with E-state index in [4.69, 9.17) is 0 Å². The predicted molar refractivity (Wildman–Crippen MR) is 135 cm³/mol. The van der Waals surface area contributed by atoms with E-state index in [1.165, 1.54) is 18.2 Å². The van der Waals surface area contributed by atoms with Gasteiger partial charge in [0.05, 0.1) is 5.69 Å². The number of aromatic nitrogens is 3. The second kappa shape index (κ2) is 9.87. The van der Waals surface area contributed by atoms with Gasteiger partial charge in [-0.2, -0.15) is 5.10 Å². The van der Waals surface area contributed by atoms with Gasteiger partial charge in [-0.1, -0.05) is 36.4 Å². The van der Waals surface area contributed by atoms with E-state index in [9.17, 15) is 4.79 Å². The Hall–Kier alpha value is -4.00. The Labute approximate surface area is 199 Å². The summed E-state index contributed by atoms with van der Waals surface area (Å²) >= 11 is 0. The summed E-state index contributed by atoms with van der Waals surface area (Å²) in [6.07, 6.45) is 4.37. The molecule has 1 fully saturated rings. The smallest absolute Gasteiger partial charge is 0.217 e. The van der Waals surface area contributed by atoms with Crippen LogP contribution >= 0.6 is 0 Å². The first-order chi connectivity index (χ1) is 16.7. The Balaban J connectivity index is 1.29. The minimum Gasteiger partial charge on any atom is -0.368 e. The summed E-state index contributed by atoms with van der Waals surface area (Å²) in [6.45, 7) is 5.70. The molecule has 0 aliphatic carbocycles. The molecule has 7 heteroatoms. The Morgan fingerprint density at radius 2 is 1.50 bits per heavy atom. The number of pyridine rings is 1. The zero-order chi connectivity index (χ0) is 23.3. The van der Waals surface area contributed by atoms with Crippen LogP contribution < -0.4 is 15.1 Å². The van der Waals surface area contributed by atoms with Gasteiger partial charge < -0.3 is 15.1 Å². The number of carbonyl (C=O) groups is 1. The summed E-state index contributed by atoms with van der Waals surface area (Å²) in [6, 6.07) is 20.9. The lowest BCUT2D eigenvalue weighted by molar-refractivity contribution is -0.119. The van der Waals surface area contributed by atoms with Crippen molar-refractivity contribution in [3.63, 3.8) is 0 Å². The zero-order valence-electron chi connectivity index (χ0n) is 19.3. The molecule has 4 aromatic rings. The fourth-order valence-electron chi connectivity index (χ4n) is 4.43. The Kier molecular flexibility index (Phi) is 6.33. The molecule has 1 amide bonds. The van der Waals surface area contributed by atoms with Crippen molar-refractivity contribution in [1.82, 2.24) is 20.5 Å². The molecule has 1 N–H and O–H groups in total. The van der Waals surface area contributed by atoms with Crippen molar-refractivity contribution >= 4 is 28.2 Å². The molecule has 0 spiro atoms. The van der Waals surface area contributed by atoms with Gasteiger partial charge in [-0.25, -0.2) is 0 Å². The van der Waals surface area contributed by atoms with Crippen LogP contribution in [-0.2, 0) is 17.8 Å². The van der Waals surface area contributed by atoms with E-state index in [2.05, 4.69) is 78.8 Å². The van der Waals surface area contributed by atoms with E-state index in [0.29, 0.717) is 6.54 Å². The fraction of sp³-hybridized carbons (Fsp3) is 0.259. The molecule has 3 heterocycles. The van der Waals surface area contributed by atoms with E-state index < -0.39 is 0 Å². The van der Waals surface area contributed by atoms with Crippen LogP contribution in [0.4, 0.5) is 11.5 Å². The summed E-state index contributed by atoms with van der Waals surface area (Å²) in [5.74, 6) is 0.945. The first kappa shape index (κ1) is 21.8. The molecule has 1 aliphatic heterocycles. The van der Waals surface area contributed by atoms with Crippen molar-refractivity contribution in [2.75, 3.05) is 36.0 Å². The van der Waals surface area contributed by atoms with Gasteiger partial charge in [0.25, 0.3) is 0 Å². The normalized spacial score (nSPS) is 13.8. The van der Waals surface area contributed by atoms with Crippen molar-refractivity contribution < 1.29 is 4.79 Å². The third-order valence-corrected chi connectivity index (χ3v) is 6.29. The number of rotatable bonds is 6. The average Bonchev–Trinajstić information content (AvgIpc) is 2.89. The average molecular weight is 453 g/mol. The summed E-state index contributed by atoms with van der Waals surface area (Å²) in [5.41, 5.74) is 4.48. The molecule has 0 saturated carbocycles. The second-order valence-electron chi connectivity index (χ2n) is 8.60. The zero-order valence-corrected chi connectivity index (χ0v) is 19.3. The van der Waals surface area contributed by atoms with E-state index in [-0.39, 0.29) is 5.91 Å². The van der Waals surface area contributed by atoms with Crippen molar-refractivity contribution in [3.8, 4) is 0 Å². The Bertz CT molecular complexity index is 1270. The molecule has 1 aliphatic rings. The summed E-state index contributed by atoms with van der Waals surface area (Å²) in [7, 11) is 0. The number of amides is 1. The number of benzene rings is 2. The van der Waals surface area contributed by atoms with Crippen LogP contribution in [0, 0.1) is 0 Å². The Morgan fingerprint density at radius 3 is 2.21 bits per heavy atom. The third-order valence-electron chi connectivity index (χ3n) is 6.29. The number of hydrogen-bond acceptors (Lipinski definition) is 6. The van der Waals surface area contributed by atoms with E-state index in [0.717, 1.165) is 60.4 Å². The summed E-state index contributed by atoms with van der Waals surface area (Å²) in [5, 5.41) is 14.5. The lowest BCUT2D eigenvalue weighted by Gasteiger charge is -2.37. The highest BCUT2D eigenvalue weighted by Crippen LogP contribution is 2.28. The molecule has 34 heavy (non-hydrogen) atoms. The fourth-order valence-corrected chi connectivity index (χ4v) is 4.43. The van der Waals surface area contributed by atoms with Crippen molar-refractivity contribution in [1.29, 1.82) is 0 Å². The van der Waals surface area contributed by atoms with Crippen LogP contribution in [0.3, 0.4) is 0 Å². The van der Waals surface area contributed by atoms with Crippen LogP contribution in [0.5, 0.6) is 0 Å². The number of hydrogen-bond donors (Lipinski definition) is 1. The van der Waals surface area contributed by atoms with Crippen LogP contribution in [0.2, 0.25) is 0 Å². The maximum atomic E-state index is 11.1. The number of nitrogens with zero attached hydrogens (tertiary/aromatic N) is 5. The maximum Gasteiger partial charge on any atom is 0.217 e. The van der Waals surface area contributed by atoms with Gasteiger partial charge in [0.15, 0.2) is 5.82 Å².